The Bertz CT molecular complexity index is 598. The van der Waals surface area contributed by atoms with Crippen LogP contribution in [0.15, 0.2) is 42.5 Å². The Kier molecular flexibility index (Phi) is 5.39. The van der Waals surface area contributed by atoms with Gasteiger partial charge in [-0.3, -0.25) is 0 Å². The Hall–Kier alpha value is -1.81. The second kappa shape index (κ2) is 7.27. The lowest BCUT2D eigenvalue weighted by Gasteiger charge is -2.18. The van der Waals surface area contributed by atoms with Gasteiger partial charge in [0.05, 0.1) is 0 Å². The van der Waals surface area contributed by atoms with Gasteiger partial charge >= 0.3 is 0 Å². The SMILES string of the molecule is CCNCC(Cc1cccc(F)c1F)c1cccc(F)c1. The van der Waals surface area contributed by atoms with E-state index in [0.717, 1.165) is 18.2 Å². The molecule has 21 heavy (non-hydrogen) atoms. The van der Waals surface area contributed by atoms with Crippen molar-refractivity contribution in [3.8, 4) is 0 Å². The number of benzene rings is 2. The molecule has 0 aliphatic heterocycles. The molecule has 0 amide bonds. The monoisotopic (exact) mass is 293 g/mol. The number of likely N-dealkylation sites (N-methyl/N-ethyl adjacent to an activating group) is 1. The minimum atomic E-state index is -0.853. The average molecular weight is 293 g/mol. The van der Waals surface area contributed by atoms with Gasteiger partial charge in [0.2, 0.25) is 0 Å². The molecule has 0 saturated carbocycles. The molecule has 0 aliphatic rings. The molecule has 0 aliphatic carbocycles. The molecule has 1 nitrogen and oxygen atoms in total. The lowest BCUT2D eigenvalue weighted by molar-refractivity contribution is 0.489. The smallest absolute Gasteiger partial charge is 0.162 e. The summed E-state index contributed by atoms with van der Waals surface area (Å²) in [6, 6.07) is 10.4. The molecule has 2 aromatic rings. The summed E-state index contributed by atoms with van der Waals surface area (Å²) in [5.41, 5.74) is 1.08. The minimum Gasteiger partial charge on any atom is -0.316 e. The summed E-state index contributed by atoms with van der Waals surface area (Å²) in [7, 11) is 0. The van der Waals surface area contributed by atoms with Gasteiger partial charge in [-0.2, -0.15) is 0 Å². The third-order valence-corrected chi connectivity index (χ3v) is 3.46. The quantitative estimate of drug-likeness (QED) is 0.847. The molecule has 1 N–H and O–H groups in total. The molecule has 0 aromatic heterocycles. The van der Waals surface area contributed by atoms with Gasteiger partial charge in [0.1, 0.15) is 5.82 Å². The van der Waals surface area contributed by atoms with Gasteiger partial charge in [0.15, 0.2) is 11.6 Å². The molecule has 4 heteroatoms. The van der Waals surface area contributed by atoms with Crippen molar-refractivity contribution in [2.45, 2.75) is 19.3 Å². The fourth-order valence-corrected chi connectivity index (χ4v) is 2.36. The molecule has 0 fully saturated rings. The van der Waals surface area contributed by atoms with Gasteiger partial charge in [0, 0.05) is 12.5 Å². The molecular weight excluding hydrogens is 275 g/mol. The van der Waals surface area contributed by atoms with Gasteiger partial charge in [-0.25, -0.2) is 13.2 Å². The first-order chi connectivity index (χ1) is 10.1. The van der Waals surface area contributed by atoms with Crippen LogP contribution < -0.4 is 5.32 Å². The van der Waals surface area contributed by atoms with Crippen molar-refractivity contribution in [1.29, 1.82) is 0 Å². The summed E-state index contributed by atoms with van der Waals surface area (Å²) in [5, 5.41) is 3.18. The van der Waals surface area contributed by atoms with Crippen molar-refractivity contribution in [3.63, 3.8) is 0 Å². The molecule has 2 rings (SSSR count). The number of halogens is 3. The van der Waals surface area contributed by atoms with Crippen LogP contribution in [0, 0.1) is 17.5 Å². The van der Waals surface area contributed by atoms with Gasteiger partial charge in [-0.05, 0) is 42.3 Å². The third-order valence-electron chi connectivity index (χ3n) is 3.46. The van der Waals surface area contributed by atoms with E-state index in [2.05, 4.69) is 5.32 Å². The summed E-state index contributed by atoms with van der Waals surface area (Å²) in [6.45, 7) is 3.30. The molecule has 1 atom stereocenters. The van der Waals surface area contributed by atoms with Crippen LogP contribution in [0.5, 0.6) is 0 Å². The molecule has 0 saturated heterocycles. The third kappa shape index (κ3) is 4.08. The van der Waals surface area contributed by atoms with E-state index in [-0.39, 0.29) is 11.7 Å². The van der Waals surface area contributed by atoms with Crippen molar-refractivity contribution in [2.24, 2.45) is 0 Å². The van der Waals surface area contributed by atoms with Crippen LogP contribution in [0.2, 0.25) is 0 Å². The maximum Gasteiger partial charge on any atom is 0.162 e. The highest BCUT2D eigenvalue weighted by Crippen LogP contribution is 2.23. The van der Waals surface area contributed by atoms with Crippen LogP contribution in [-0.2, 0) is 6.42 Å². The number of hydrogen-bond donors (Lipinski definition) is 1. The standard InChI is InChI=1S/C17H18F3N/c1-2-21-11-14(12-5-3-7-15(18)10-12)9-13-6-4-8-16(19)17(13)20/h3-8,10,14,21H,2,9,11H2,1H3. The van der Waals surface area contributed by atoms with Crippen molar-refractivity contribution in [2.75, 3.05) is 13.1 Å². The van der Waals surface area contributed by atoms with Crippen molar-refractivity contribution in [1.82, 2.24) is 5.32 Å². The molecule has 0 heterocycles. The van der Waals surface area contributed by atoms with E-state index in [1.165, 1.54) is 18.2 Å². The second-order valence-electron chi connectivity index (χ2n) is 4.98. The lowest BCUT2D eigenvalue weighted by Crippen LogP contribution is -2.23. The van der Waals surface area contributed by atoms with E-state index >= 15 is 0 Å². The highest BCUT2D eigenvalue weighted by Gasteiger charge is 2.16. The minimum absolute atomic E-state index is 0.114. The van der Waals surface area contributed by atoms with E-state index in [9.17, 15) is 13.2 Å². The summed E-state index contributed by atoms with van der Waals surface area (Å²) in [6.07, 6.45) is 0.319. The van der Waals surface area contributed by atoms with Crippen LogP contribution >= 0.6 is 0 Å². The van der Waals surface area contributed by atoms with Crippen LogP contribution in [0.1, 0.15) is 24.0 Å². The Balaban J connectivity index is 2.26. The Morgan fingerprint density at radius 3 is 2.52 bits per heavy atom. The van der Waals surface area contributed by atoms with E-state index in [1.807, 2.05) is 13.0 Å². The Morgan fingerprint density at radius 1 is 1.05 bits per heavy atom. The maximum absolute atomic E-state index is 13.8. The van der Waals surface area contributed by atoms with E-state index in [4.69, 9.17) is 0 Å². The first kappa shape index (κ1) is 15.6. The molecule has 1 unspecified atom stereocenters. The Labute approximate surface area is 122 Å². The molecular formula is C17H18F3N. The van der Waals surface area contributed by atoms with Crippen molar-refractivity contribution in [3.05, 3.63) is 71.0 Å². The summed E-state index contributed by atoms with van der Waals surface area (Å²) in [5.74, 6) is -2.12. The number of rotatable bonds is 6. The fraction of sp³-hybridized carbons (Fsp3) is 0.294. The highest BCUT2D eigenvalue weighted by atomic mass is 19.2. The van der Waals surface area contributed by atoms with Crippen LogP contribution in [0.4, 0.5) is 13.2 Å². The van der Waals surface area contributed by atoms with Gasteiger partial charge < -0.3 is 5.32 Å². The summed E-state index contributed by atoms with van der Waals surface area (Å²) in [4.78, 5) is 0. The summed E-state index contributed by atoms with van der Waals surface area (Å²) >= 11 is 0. The summed E-state index contributed by atoms with van der Waals surface area (Å²) < 4.78 is 40.5. The van der Waals surface area contributed by atoms with Gasteiger partial charge in [-0.1, -0.05) is 31.2 Å². The normalized spacial score (nSPS) is 12.4. The predicted octanol–water partition coefficient (Wildman–Crippen LogP) is 4.04. The first-order valence-electron chi connectivity index (χ1n) is 7.01. The molecule has 112 valence electrons. The van der Waals surface area contributed by atoms with Crippen molar-refractivity contribution < 1.29 is 13.2 Å². The largest absolute Gasteiger partial charge is 0.316 e. The molecule has 2 aromatic carbocycles. The van der Waals surface area contributed by atoms with E-state index < -0.39 is 11.6 Å². The van der Waals surface area contributed by atoms with Crippen molar-refractivity contribution >= 4 is 0 Å². The zero-order chi connectivity index (χ0) is 15.2. The van der Waals surface area contributed by atoms with Crippen LogP contribution in [0.3, 0.4) is 0 Å². The highest BCUT2D eigenvalue weighted by molar-refractivity contribution is 5.26. The predicted molar refractivity (Wildman–Crippen MR) is 77.7 cm³/mol. The molecule has 0 radical (unpaired) electrons. The molecule has 0 spiro atoms. The zero-order valence-electron chi connectivity index (χ0n) is 11.9. The van der Waals surface area contributed by atoms with Crippen LogP contribution in [-0.4, -0.2) is 13.1 Å². The first-order valence-corrected chi connectivity index (χ1v) is 7.01. The van der Waals surface area contributed by atoms with E-state index in [0.29, 0.717) is 18.5 Å². The lowest BCUT2D eigenvalue weighted by atomic mass is 9.91. The average Bonchev–Trinajstić information content (AvgIpc) is 2.47. The topological polar surface area (TPSA) is 12.0 Å². The zero-order valence-corrected chi connectivity index (χ0v) is 11.9. The maximum atomic E-state index is 13.8. The van der Waals surface area contributed by atoms with E-state index in [1.54, 1.807) is 12.1 Å². The van der Waals surface area contributed by atoms with Gasteiger partial charge in [0.25, 0.3) is 0 Å². The molecule has 0 bridgehead atoms. The number of hydrogen-bond acceptors (Lipinski definition) is 1. The second-order valence-corrected chi connectivity index (χ2v) is 4.98. The number of nitrogens with one attached hydrogen (secondary N) is 1. The fourth-order valence-electron chi connectivity index (χ4n) is 2.36. The van der Waals surface area contributed by atoms with Crippen LogP contribution in [0.25, 0.3) is 0 Å². The Morgan fingerprint density at radius 2 is 1.81 bits per heavy atom. The van der Waals surface area contributed by atoms with Gasteiger partial charge in [-0.15, -0.1) is 0 Å².